The van der Waals surface area contributed by atoms with E-state index in [9.17, 15) is 18.5 Å². The number of anilines is 1. The molecule has 1 saturated heterocycles. The molecule has 12 nitrogen and oxygen atoms in total. The third-order valence-electron chi connectivity index (χ3n) is 11.9. The lowest BCUT2D eigenvalue weighted by molar-refractivity contribution is -0.386. The average Bonchev–Trinajstić information content (AvgIpc) is 3.28. The number of benzene rings is 4. The van der Waals surface area contributed by atoms with Crippen LogP contribution in [-0.4, -0.2) is 91.0 Å². The second-order valence-corrected chi connectivity index (χ2v) is 19.2. The van der Waals surface area contributed by atoms with Crippen LogP contribution in [0.25, 0.3) is 22.0 Å². The van der Waals surface area contributed by atoms with Gasteiger partial charge in [-0.3, -0.25) is 24.6 Å². The number of aromatic nitrogens is 2. The number of allylic oxidation sites excluding steroid dienone is 1. The van der Waals surface area contributed by atoms with E-state index >= 15 is 0 Å². The molecular weight excluding hydrogens is 830 g/mol. The summed E-state index contributed by atoms with van der Waals surface area (Å²) in [6, 6.07) is 27.7. The summed E-state index contributed by atoms with van der Waals surface area (Å²) in [6.07, 6.45) is 9.64. The number of thioether (sulfide) groups is 1. The highest BCUT2D eigenvalue weighted by atomic mass is 35.5. The quantitative estimate of drug-likeness (QED) is 0.0448. The van der Waals surface area contributed by atoms with Crippen molar-refractivity contribution in [1.82, 2.24) is 19.8 Å². The van der Waals surface area contributed by atoms with Crippen LogP contribution in [0.15, 0.2) is 119 Å². The molecule has 2 aliphatic heterocycles. The number of ether oxygens (including phenoxy) is 1. The Morgan fingerprint density at radius 1 is 0.902 bits per heavy atom. The van der Waals surface area contributed by atoms with Crippen LogP contribution in [0.4, 0.5) is 11.5 Å². The van der Waals surface area contributed by atoms with Gasteiger partial charge < -0.3 is 10.5 Å². The number of nitro groups is 1. The predicted molar refractivity (Wildman–Crippen MR) is 244 cm³/mol. The summed E-state index contributed by atoms with van der Waals surface area (Å²) in [5.74, 6) is -0.350. The minimum absolute atomic E-state index is 0.0917. The molecule has 0 saturated carbocycles. The lowest BCUT2D eigenvalue weighted by atomic mass is 9.87. The normalized spacial score (nSPS) is 17.8. The zero-order valence-electron chi connectivity index (χ0n) is 33.9. The van der Waals surface area contributed by atoms with Crippen molar-refractivity contribution in [1.29, 1.82) is 0 Å². The van der Waals surface area contributed by atoms with E-state index in [1.54, 1.807) is 0 Å². The SMILES string of the molecule is NC(Sc1ccccc1)C(CCN1CCOCC1)c1ccc(S(=O)(=O)Nc2ncnc3cc(C4=CCN(CC5=C(c6ccc(Cl)cc6)CCCC5)CC4)ccc23)cc1[N+](=O)[O-]. The van der Waals surface area contributed by atoms with Gasteiger partial charge in [0.05, 0.1) is 33.9 Å². The fourth-order valence-corrected chi connectivity index (χ4v) is 10.8. The van der Waals surface area contributed by atoms with Crippen molar-refractivity contribution in [3.05, 3.63) is 141 Å². The Kier molecular flexibility index (Phi) is 13.8. The van der Waals surface area contributed by atoms with E-state index < -0.39 is 26.2 Å². The summed E-state index contributed by atoms with van der Waals surface area (Å²) in [5.41, 5.74) is 14.0. The Morgan fingerprint density at radius 3 is 2.43 bits per heavy atom. The number of rotatable bonds is 15. The minimum Gasteiger partial charge on any atom is -0.379 e. The first-order valence-corrected chi connectivity index (χ1v) is 23.6. The first kappa shape index (κ1) is 43.0. The first-order valence-electron chi connectivity index (χ1n) is 20.8. The fraction of sp³-hybridized carbons (Fsp3) is 0.348. The third kappa shape index (κ3) is 10.5. The zero-order chi connectivity index (χ0) is 42.3. The van der Waals surface area contributed by atoms with Gasteiger partial charge >= 0.3 is 0 Å². The maximum absolute atomic E-state index is 13.9. The van der Waals surface area contributed by atoms with Gasteiger partial charge in [-0.2, -0.15) is 0 Å². The van der Waals surface area contributed by atoms with Crippen LogP contribution in [0.2, 0.25) is 5.02 Å². The molecule has 2 atom stereocenters. The number of hydrogen-bond donors (Lipinski definition) is 2. The van der Waals surface area contributed by atoms with Crippen molar-refractivity contribution in [2.45, 2.75) is 59.6 Å². The molecule has 1 aliphatic carbocycles. The van der Waals surface area contributed by atoms with E-state index in [-0.39, 0.29) is 16.4 Å². The molecule has 1 fully saturated rings. The first-order chi connectivity index (χ1) is 29.6. The Labute approximate surface area is 366 Å². The van der Waals surface area contributed by atoms with Gasteiger partial charge in [0.2, 0.25) is 0 Å². The molecule has 3 N–H and O–H groups in total. The van der Waals surface area contributed by atoms with Crippen LogP contribution in [-0.2, 0) is 14.8 Å². The van der Waals surface area contributed by atoms with Gasteiger partial charge in [0.15, 0.2) is 5.82 Å². The van der Waals surface area contributed by atoms with Crippen molar-refractivity contribution in [2.75, 3.05) is 57.2 Å². The average molecular weight is 881 g/mol. The summed E-state index contributed by atoms with van der Waals surface area (Å²) in [4.78, 5) is 26.4. The summed E-state index contributed by atoms with van der Waals surface area (Å²) >= 11 is 7.62. The second kappa shape index (κ2) is 19.6. The molecule has 2 unspecified atom stereocenters. The molecule has 1 aromatic heterocycles. The van der Waals surface area contributed by atoms with Crippen molar-refractivity contribution < 1.29 is 18.1 Å². The summed E-state index contributed by atoms with van der Waals surface area (Å²) < 4.78 is 36.0. The van der Waals surface area contributed by atoms with E-state index in [1.807, 2.05) is 60.7 Å². The Balaban J connectivity index is 0.988. The van der Waals surface area contributed by atoms with Crippen LogP contribution in [0, 0.1) is 10.1 Å². The summed E-state index contributed by atoms with van der Waals surface area (Å²) in [6.45, 7) is 6.15. The topological polar surface area (TPSA) is 157 Å². The van der Waals surface area contributed by atoms with E-state index in [2.05, 4.69) is 42.7 Å². The van der Waals surface area contributed by atoms with Crippen LogP contribution in [0.1, 0.15) is 61.1 Å². The van der Waals surface area contributed by atoms with Crippen LogP contribution in [0.3, 0.4) is 0 Å². The number of hydrogen-bond acceptors (Lipinski definition) is 11. The largest absolute Gasteiger partial charge is 0.379 e. The smallest absolute Gasteiger partial charge is 0.274 e. The Bertz CT molecular complexity index is 2530. The van der Waals surface area contributed by atoms with Crippen LogP contribution < -0.4 is 10.5 Å². The molecule has 0 spiro atoms. The number of fused-ring (bicyclic) bond motifs is 1. The van der Waals surface area contributed by atoms with Crippen molar-refractivity contribution >= 4 is 66.9 Å². The molecule has 0 radical (unpaired) electrons. The van der Waals surface area contributed by atoms with Crippen LogP contribution >= 0.6 is 23.4 Å². The lowest BCUT2D eigenvalue weighted by Crippen LogP contribution is -2.38. The molecule has 0 amide bonds. The monoisotopic (exact) mass is 879 g/mol. The number of nitrogens with one attached hydrogen (secondary N) is 1. The van der Waals surface area contributed by atoms with Gasteiger partial charge in [-0.05, 0) is 110 Å². The number of morpholine rings is 1. The van der Waals surface area contributed by atoms with Gasteiger partial charge in [-0.1, -0.05) is 65.7 Å². The van der Waals surface area contributed by atoms with Crippen molar-refractivity contribution in [3.8, 4) is 0 Å². The molecule has 5 aromatic rings. The molecule has 318 valence electrons. The van der Waals surface area contributed by atoms with Crippen LogP contribution in [0.5, 0.6) is 0 Å². The fourth-order valence-electron chi connectivity index (χ4n) is 8.60. The van der Waals surface area contributed by atoms with Gasteiger partial charge in [-0.15, -0.1) is 11.8 Å². The molecule has 3 aliphatic rings. The predicted octanol–water partition coefficient (Wildman–Crippen LogP) is 8.99. The highest BCUT2D eigenvalue weighted by Gasteiger charge is 2.31. The van der Waals surface area contributed by atoms with Gasteiger partial charge in [0, 0.05) is 65.6 Å². The maximum Gasteiger partial charge on any atom is 0.274 e. The number of nitrogens with zero attached hydrogens (tertiary/aromatic N) is 5. The number of halogens is 1. The van der Waals surface area contributed by atoms with Crippen molar-refractivity contribution in [3.63, 3.8) is 0 Å². The minimum atomic E-state index is -4.30. The Morgan fingerprint density at radius 2 is 1.67 bits per heavy atom. The van der Waals surface area contributed by atoms with E-state index in [0.29, 0.717) is 42.6 Å². The number of nitrogens with two attached hydrogens (primary N) is 1. The summed E-state index contributed by atoms with van der Waals surface area (Å²) in [7, 11) is -4.30. The molecule has 3 heterocycles. The number of sulfonamides is 1. The Hall–Kier alpha value is -4.67. The highest BCUT2D eigenvalue weighted by Crippen LogP contribution is 2.39. The maximum atomic E-state index is 13.9. The molecule has 4 aromatic carbocycles. The lowest BCUT2D eigenvalue weighted by Gasteiger charge is -2.30. The van der Waals surface area contributed by atoms with E-state index in [0.717, 1.165) is 73.5 Å². The molecule has 61 heavy (non-hydrogen) atoms. The van der Waals surface area contributed by atoms with Gasteiger partial charge in [0.1, 0.15) is 6.33 Å². The van der Waals surface area contributed by atoms with Gasteiger partial charge in [-0.25, -0.2) is 18.4 Å². The van der Waals surface area contributed by atoms with Gasteiger partial charge in [0.25, 0.3) is 15.7 Å². The zero-order valence-corrected chi connectivity index (χ0v) is 36.3. The van der Waals surface area contributed by atoms with E-state index in [4.69, 9.17) is 22.1 Å². The third-order valence-corrected chi connectivity index (χ3v) is 14.6. The van der Waals surface area contributed by atoms with Crippen molar-refractivity contribution in [2.24, 2.45) is 5.73 Å². The van der Waals surface area contributed by atoms with E-state index in [1.165, 1.54) is 65.3 Å². The molecule has 0 bridgehead atoms. The molecule has 8 rings (SSSR count). The summed E-state index contributed by atoms with van der Waals surface area (Å²) in [5, 5.41) is 13.4. The second-order valence-electron chi connectivity index (χ2n) is 15.8. The number of nitro benzene ring substituents is 1. The molecular formula is C46H50ClN7O5S2. The standard InChI is InChI=1S/C46H50ClN7O5S2/c47-36-13-10-33(11-14-36)39-9-5-4-6-35(39)30-53-21-18-32(19-22-53)34-12-16-42-43(28-34)49-31-50-46(42)51-61(57,58)38-15-17-40(44(29-38)54(55)56)41(20-23-52-24-26-59-27-25-52)45(48)60-37-7-2-1-3-8-37/h1-3,7-8,10-18,28-29,31,41,45H,4-6,9,19-27,30,48H2,(H,49,50,51). The highest BCUT2D eigenvalue weighted by molar-refractivity contribution is 8.00. The molecule has 15 heteroatoms.